The van der Waals surface area contributed by atoms with Crippen molar-refractivity contribution in [3.05, 3.63) is 28.8 Å². The number of benzene rings is 1. The Bertz CT molecular complexity index is 475. The standard InChI is InChI=1S/C15H21ClN2S/c1-9-3-5-12(7-10(9)2)18-14-6-4-11(15(17)19)8-13(14)16/h4,6,8-10,12,18H,3,5,7H2,1-2H3,(H2,17,19). The van der Waals surface area contributed by atoms with Crippen LogP contribution in [0.1, 0.15) is 38.7 Å². The van der Waals surface area contributed by atoms with Gasteiger partial charge in [0.15, 0.2) is 0 Å². The van der Waals surface area contributed by atoms with E-state index in [1.54, 1.807) is 0 Å². The molecule has 1 fully saturated rings. The van der Waals surface area contributed by atoms with Gasteiger partial charge in [0.05, 0.1) is 10.7 Å². The quantitative estimate of drug-likeness (QED) is 0.821. The summed E-state index contributed by atoms with van der Waals surface area (Å²) in [6.07, 6.45) is 3.69. The van der Waals surface area contributed by atoms with Crippen molar-refractivity contribution in [2.75, 3.05) is 5.32 Å². The molecule has 0 bridgehead atoms. The summed E-state index contributed by atoms with van der Waals surface area (Å²) >= 11 is 11.2. The van der Waals surface area contributed by atoms with Crippen LogP contribution in [0, 0.1) is 11.8 Å². The molecule has 1 aliphatic rings. The van der Waals surface area contributed by atoms with Crippen molar-refractivity contribution in [2.24, 2.45) is 17.6 Å². The van der Waals surface area contributed by atoms with Crippen LogP contribution in [-0.4, -0.2) is 11.0 Å². The monoisotopic (exact) mass is 296 g/mol. The summed E-state index contributed by atoms with van der Waals surface area (Å²) in [5.74, 6) is 1.59. The highest BCUT2D eigenvalue weighted by Crippen LogP contribution is 2.32. The van der Waals surface area contributed by atoms with E-state index in [1.165, 1.54) is 19.3 Å². The maximum Gasteiger partial charge on any atom is 0.104 e. The fourth-order valence-electron chi connectivity index (χ4n) is 2.68. The van der Waals surface area contributed by atoms with E-state index < -0.39 is 0 Å². The summed E-state index contributed by atoms with van der Waals surface area (Å²) in [6, 6.07) is 6.24. The van der Waals surface area contributed by atoms with Crippen molar-refractivity contribution in [1.82, 2.24) is 0 Å². The minimum absolute atomic E-state index is 0.383. The predicted octanol–water partition coefficient (Wildman–Crippen LogP) is 4.21. The van der Waals surface area contributed by atoms with Gasteiger partial charge in [-0.05, 0) is 49.3 Å². The number of halogens is 1. The van der Waals surface area contributed by atoms with Gasteiger partial charge >= 0.3 is 0 Å². The SMILES string of the molecule is CC1CCC(Nc2ccc(C(N)=S)cc2Cl)CC1C. The Morgan fingerprint density at radius 1 is 1.32 bits per heavy atom. The van der Waals surface area contributed by atoms with E-state index in [0.29, 0.717) is 16.1 Å². The smallest absolute Gasteiger partial charge is 0.104 e. The van der Waals surface area contributed by atoms with Gasteiger partial charge < -0.3 is 11.1 Å². The lowest BCUT2D eigenvalue weighted by Gasteiger charge is -2.33. The molecule has 0 aromatic heterocycles. The van der Waals surface area contributed by atoms with Crippen molar-refractivity contribution in [2.45, 2.75) is 39.2 Å². The summed E-state index contributed by atoms with van der Waals surface area (Å²) in [5, 5.41) is 4.24. The Morgan fingerprint density at radius 3 is 2.63 bits per heavy atom. The Morgan fingerprint density at radius 2 is 2.05 bits per heavy atom. The second kappa shape index (κ2) is 6.10. The van der Waals surface area contributed by atoms with Gasteiger partial charge in [0.1, 0.15) is 4.99 Å². The molecule has 3 unspecified atom stereocenters. The molecule has 1 aliphatic carbocycles. The van der Waals surface area contributed by atoms with Crippen molar-refractivity contribution < 1.29 is 0 Å². The fraction of sp³-hybridized carbons (Fsp3) is 0.533. The third-order valence-corrected chi connectivity index (χ3v) is 4.76. The molecule has 1 aromatic rings. The van der Waals surface area contributed by atoms with Crippen LogP contribution in [0.3, 0.4) is 0 Å². The largest absolute Gasteiger partial charge is 0.389 e. The van der Waals surface area contributed by atoms with Gasteiger partial charge in [0.2, 0.25) is 0 Å². The molecule has 0 heterocycles. The molecule has 0 radical (unpaired) electrons. The second-order valence-electron chi connectivity index (χ2n) is 5.67. The summed E-state index contributed by atoms with van der Waals surface area (Å²) in [7, 11) is 0. The zero-order valence-corrected chi connectivity index (χ0v) is 13.0. The number of rotatable bonds is 3. The van der Waals surface area contributed by atoms with E-state index in [4.69, 9.17) is 29.6 Å². The molecule has 0 spiro atoms. The first-order valence-electron chi connectivity index (χ1n) is 6.83. The summed E-state index contributed by atoms with van der Waals surface area (Å²) in [6.45, 7) is 4.67. The van der Waals surface area contributed by atoms with E-state index in [1.807, 2.05) is 18.2 Å². The van der Waals surface area contributed by atoms with Gasteiger partial charge in [0, 0.05) is 11.6 Å². The average molecular weight is 297 g/mol. The van der Waals surface area contributed by atoms with E-state index in [9.17, 15) is 0 Å². The van der Waals surface area contributed by atoms with Gasteiger partial charge in [-0.1, -0.05) is 37.7 Å². The van der Waals surface area contributed by atoms with Gasteiger partial charge in [0.25, 0.3) is 0 Å². The number of anilines is 1. The number of nitrogens with one attached hydrogen (secondary N) is 1. The molecule has 2 nitrogen and oxygen atoms in total. The maximum atomic E-state index is 6.28. The molecule has 1 saturated carbocycles. The lowest BCUT2D eigenvalue weighted by Crippen LogP contribution is -2.30. The van der Waals surface area contributed by atoms with Crippen LogP contribution in [0.2, 0.25) is 5.02 Å². The molecule has 3 atom stereocenters. The summed E-state index contributed by atoms with van der Waals surface area (Å²) in [5.41, 5.74) is 7.40. The highest BCUT2D eigenvalue weighted by atomic mass is 35.5. The number of nitrogens with two attached hydrogens (primary N) is 1. The van der Waals surface area contributed by atoms with E-state index in [2.05, 4.69) is 19.2 Å². The highest BCUT2D eigenvalue weighted by molar-refractivity contribution is 7.80. The Labute approximate surface area is 125 Å². The average Bonchev–Trinajstić information content (AvgIpc) is 2.36. The molecule has 0 saturated heterocycles. The van der Waals surface area contributed by atoms with Crippen LogP contribution in [-0.2, 0) is 0 Å². The first-order chi connectivity index (χ1) is 8.97. The normalized spacial score (nSPS) is 27.0. The van der Waals surface area contributed by atoms with Crippen LogP contribution in [0.25, 0.3) is 0 Å². The second-order valence-corrected chi connectivity index (χ2v) is 6.51. The molecule has 0 amide bonds. The Hall–Kier alpha value is -0.800. The van der Waals surface area contributed by atoms with Crippen molar-refractivity contribution in [3.8, 4) is 0 Å². The third kappa shape index (κ3) is 3.61. The highest BCUT2D eigenvalue weighted by Gasteiger charge is 2.24. The molecule has 4 heteroatoms. The van der Waals surface area contributed by atoms with Crippen molar-refractivity contribution in [3.63, 3.8) is 0 Å². The Kier molecular flexibility index (Phi) is 4.69. The summed E-state index contributed by atoms with van der Waals surface area (Å²) < 4.78 is 0. The molecule has 0 aliphatic heterocycles. The van der Waals surface area contributed by atoms with Gasteiger partial charge in [-0.15, -0.1) is 0 Å². The maximum absolute atomic E-state index is 6.28. The lowest BCUT2D eigenvalue weighted by molar-refractivity contribution is 0.261. The van der Waals surface area contributed by atoms with E-state index in [-0.39, 0.29) is 0 Å². The van der Waals surface area contributed by atoms with Crippen molar-refractivity contribution >= 4 is 34.5 Å². The molecule has 1 aromatic carbocycles. The third-order valence-electron chi connectivity index (χ3n) is 4.21. The van der Waals surface area contributed by atoms with Gasteiger partial charge in [-0.2, -0.15) is 0 Å². The number of hydrogen-bond donors (Lipinski definition) is 2. The Balaban J connectivity index is 2.05. The van der Waals surface area contributed by atoms with Crippen LogP contribution in [0.4, 0.5) is 5.69 Å². The zero-order chi connectivity index (χ0) is 14.0. The zero-order valence-electron chi connectivity index (χ0n) is 11.4. The van der Waals surface area contributed by atoms with Crippen LogP contribution in [0.5, 0.6) is 0 Å². The number of thiocarbonyl (C=S) groups is 1. The molecule has 104 valence electrons. The van der Waals surface area contributed by atoms with Gasteiger partial charge in [-0.3, -0.25) is 0 Å². The van der Waals surface area contributed by atoms with Crippen molar-refractivity contribution in [1.29, 1.82) is 0 Å². The first kappa shape index (κ1) is 14.6. The first-order valence-corrected chi connectivity index (χ1v) is 7.62. The molecular formula is C15H21ClN2S. The van der Waals surface area contributed by atoms with Crippen LogP contribution < -0.4 is 11.1 Å². The summed E-state index contributed by atoms with van der Waals surface area (Å²) in [4.78, 5) is 0.383. The topological polar surface area (TPSA) is 38.0 Å². The van der Waals surface area contributed by atoms with E-state index in [0.717, 1.165) is 23.1 Å². The fourth-order valence-corrected chi connectivity index (χ4v) is 3.05. The molecular weight excluding hydrogens is 276 g/mol. The predicted molar refractivity (Wildman–Crippen MR) is 86.9 cm³/mol. The van der Waals surface area contributed by atoms with E-state index >= 15 is 0 Å². The van der Waals surface area contributed by atoms with Crippen LogP contribution >= 0.6 is 23.8 Å². The number of hydrogen-bond acceptors (Lipinski definition) is 2. The minimum atomic E-state index is 0.383. The van der Waals surface area contributed by atoms with Crippen LogP contribution in [0.15, 0.2) is 18.2 Å². The molecule has 2 rings (SSSR count). The minimum Gasteiger partial charge on any atom is -0.389 e. The lowest BCUT2D eigenvalue weighted by atomic mass is 9.79. The molecule has 3 N–H and O–H groups in total. The van der Waals surface area contributed by atoms with Gasteiger partial charge in [-0.25, -0.2) is 0 Å². The molecule has 19 heavy (non-hydrogen) atoms.